The third-order valence-corrected chi connectivity index (χ3v) is 8.45. The van der Waals surface area contributed by atoms with Crippen molar-refractivity contribution in [3.63, 3.8) is 0 Å². The van der Waals surface area contributed by atoms with Crippen LogP contribution in [-0.2, 0) is 14.8 Å². The summed E-state index contributed by atoms with van der Waals surface area (Å²) >= 11 is 7.21. The molecule has 1 aliphatic rings. The van der Waals surface area contributed by atoms with Crippen LogP contribution in [0.1, 0.15) is 18.7 Å². The summed E-state index contributed by atoms with van der Waals surface area (Å²) in [5, 5.41) is 8.75. The zero-order valence-corrected chi connectivity index (χ0v) is 18.4. The van der Waals surface area contributed by atoms with Crippen molar-refractivity contribution in [3.8, 4) is 11.4 Å². The molecule has 1 aromatic carbocycles. The van der Waals surface area contributed by atoms with Gasteiger partial charge in [-0.25, -0.2) is 8.42 Å². The minimum Gasteiger partial charge on any atom is -0.339 e. The summed E-state index contributed by atoms with van der Waals surface area (Å²) in [6.45, 7) is 2.15. The van der Waals surface area contributed by atoms with E-state index < -0.39 is 15.9 Å². The second kappa shape index (κ2) is 8.46. The second-order valence-corrected chi connectivity index (χ2v) is 10.4. The average Bonchev–Trinajstić information content (AvgIpc) is 3.39. The number of thiophene rings is 1. The fourth-order valence-corrected chi connectivity index (χ4v) is 6.30. The first-order valence-electron chi connectivity index (χ1n) is 9.29. The van der Waals surface area contributed by atoms with Crippen molar-refractivity contribution >= 4 is 44.6 Å². The molecule has 1 fully saturated rings. The van der Waals surface area contributed by atoms with Crippen LogP contribution in [-0.4, -0.2) is 41.9 Å². The van der Waals surface area contributed by atoms with Gasteiger partial charge in [0.15, 0.2) is 0 Å². The van der Waals surface area contributed by atoms with Gasteiger partial charge in [0.2, 0.25) is 17.6 Å². The Hall–Kier alpha value is -2.27. The van der Waals surface area contributed by atoms with Gasteiger partial charge >= 0.3 is 0 Å². The Bertz CT molecular complexity index is 1170. The molecular formula is C19H19ClN4O4S2. The van der Waals surface area contributed by atoms with Gasteiger partial charge in [-0.05, 0) is 31.0 Å². The number of aryl methyl sites for hydroxylation is 1. The topological polar surface area (TPSA) is 105 Å². The van der Waals surface area contributed by atoms with Crippen molar-refractivity contribution < 1.29 is 17.7 Å². The molecule has 1 unspecified atom stereocenters. The lowest BCUT2D eigenvalue weighted by Crippen LogP contribution is -2.43. The molecule has 158 valence electrons. The zero-order chi connectivity index (χ0) is 21.3. The van der Waals surface area contributed by atoms with Crippen LogP contribution in [0.4, 0.5) is 5.69 Å². The monoisotopic (exact) mass is 466 g/mol. The third kappa shape index (κ3) is 4.27. The summed E-state index contributed by atoms with van der Waals surface area (Å²) < 4.78 is 32.8. The molecule has 0 radical (unpaired) electrons. The van der Waals surface area contributed by atoms with E-state index in [9.17, 15) is 13.2 Å². The number of nitrogens with zero attached hydrogens (tertiary/aromatic N) is 3. The standard InChI is InChI=1S/C19H19ClN4O4S2/c1-12-21-18(23-28-12)14-9-17(29-11-14)30(26,27)24-8-4-5-13(10-24)19(25)22-16-7-3-2-6-15(16)20/h2-3,6-7,9,11,13H,4-5,8,10H2,1H3,(H,22,25). The first kappa shape index (κ1) is 21.0. The van der Waals surface area contributed by atoms with E-state index in [0.29, 0.717) is 47.4 Å². The highest BCUT2D eigenvalue weighted by atomic mass is 35.5. The molecule has 1 amide bonds. The molecule has 1 N–H and O–H groups in total. The molecule has 1 atom stereocenters. The van der Waals surface area contributed by atoms with Gasteiger partial charge in [-0.15, -0.1) is 11.3 Å². The summed E-state index contributed by atoms with van der Waals surface area (Å²) in [6.07, 6.45) is 1.21. The lowest BCUT2D eigenvalue weighted by atomic mass is 9.99. The maximum Gasteiger partial charge on any atom is 0.252 e. The number of para-hydroxylation sites is 1. The quantitative estimate of drug-likeness (QED) is 0.613. The predicted octanol–water partition coefficient (Wildman–Crippen LogP) is 3.80. The predicted molar refractivity (Wildman–Crippen MR) is 114 cm³/mol. The van der Waals surface area contributed by atoms with E-state index in [1.807, 2.05) is 0 Å². The molecule has 3 aromatic rings. The Kier molecular flexibility index (Phi) is 5.92. The van der Waals surface area contributed by atoms with Gasteiger partial charge < -0.3 is 9.84 Å². The Morgan fingerprint density at radius 2 is 2.17 bits per heavy atom. The van der Waals surface area contributed by atoms with Crippen molar-refractivity contribution in [2.45, 2.75) is 24.0 Å². The fourth-order valence-electron chi connectivity index (χ4n) is 3.28. The molecule has 2 aromatic heterocycles. The van der Waals surface area contributed by atoms with Crippen molar-refractivity contribution in [1.29, 1.82) is 0 Å². The van der Waals surface area contributed by atoms with Crippen LogP contribution >= 0.6 is 22.9 Å². The van der Waals surface area contributed by atoms with Crippen molar-refractivity contribution in [1.82, 2.24) is 14.4 Å². The Balaban J connectivity index is 1.49. The van der Waals surface area contributed by atoms with Crippen LogP contribution in [0.15, 0.2) is 44.4 Å². The molecule has 0 bridgehead atoms. The third-order valence-electron chi connectivity index (χ3n) is 4.84. The van der Waals surface area contributed by atoms with E-state index in [2.05, 4.69) is 15.5 Å². The van der Waals surface area contributed by atoms with Crippen LogP contribution in [0.5, 0.6) is 0 Å². The van der Waals surface area contributed by atoms with Crippen molar-refractivity contribution in [2.24, 2.45) is 5.92 Å². The molecule has 0 saturated carbocycles. The number of halogens is 1. The van der Waals surface area contributed by atoms with Gasteiger partial charge in [-0.3, -0.25) is 4.79 Å². The SMILES string of the molecule is Cc1nc(-c2csc(S(=O)(=O)N3CCCC(C(=O)Nc4ccccc4Cl)C3)c2)no1. The molecular weight excluding hydrogens is 448 g/mol. The van der Waals surface area contributed by atoms with Crippen LogP contribution in [0.2, 0.25) is 5.02 Å². The van der Waals surface area contributed by atoms with E-state index in [0.717, 1.165) is 11.3 Å². The van der Waals surface area contributed by atoms with Crippen LogP contribution in [0, 0.1) is 12.8 Å². The molecule has 8 nitrogen and oxygen atoms in total. The Morgan fingerprint density at radius 1 is 1.37 bits per heavy atom. The number of benzene rings is 1. The number of aromatic nitrogens is 2. The lowest BCUT2D eigenvalue weighted by molar-refractivity contribution is -0.120. The Morgan fingerprint density at radius 3 is 2.90 bits per heavy atom. The second-order valence-electron chi connectivity index (χ2n) is 6.96. The number of anilines is 1. The van der Waals surface area contributed by atoms with Crippen LogP contribution < -0.4 is 5.32 Å². The molecule has 1 aliphatic heterocycles. The summed E-state index contributed by atoms with van der Waals surface area (Å²) in [5.74, 6) is 0.0612. The summed E-state index contributed by atoms with van der Waals surface area (Å²) in [7, 11) is -3.73. The number of sulfonamides is 1. The summed E-state index contributed by atoms with van der Waals surface area (Å²) in [5.41, 5.74) is 1.10. The average molecular weight is 467 g/mol. The summed E-state index contributed by atoms with van der Waals surface area (Å²) in [6, 6.07) is 8.49. The van der Waals surface area contributed by atoms with Gasteiger partial charge in [-0.2, -0.15) is 9.29 Å². The van der Waals surface area contributed by atoms with Gasteiger partial charge in [0, 0.05) is 31.0 Å². The molecule has 4 rings (SSSR count). The highest BCUT2D eigenvalue weighted by molar-refractivity contribution is 7.91. The number of rotatable bonds is 5. The van der Waals surface area contributed by atoms with E-state index >= 15 is 0 Å². The Labute approximate surface area is 182 Å². The molecule has 0 aliphatic carbocycles. The maximum atomic E-state index is 13.1. The minimum absolute atomic E-state index is 0.118. The van der Waals surface area contributed by atoms with Gasteiger partial charge in [-0.1, -0.05) is 28.9 Å². The number of carbonyl (C=O) groups is 1. The molecule has 3 heterocycles. The number of hydrogen-bond donors (Lipinski definition) is 1. The van der Waals surface area contributed by atoms with E-state index in [4.69, 9.17) is 16.1 Å². The molecule has 30 heavy (non-hydrogen) atoms. The summed E-state index contributed by atoms with van der Waals surface area (Å²) in [4.78, 5) is 16.8. The van der Waals surface area contributed by atoms with Crippen LogP contribution in [0.3, 0.4) is 0 Å². The molecule has 0 spiro atoms. The van der Waals surface area contributed by atoms with Crippen molar-refractivity contribution in [2.75, 3.05) is 18.4 Å². The van der Waals surface area contributed by atoms with Gasteiger partial charge in [0.05, 0.1) is 16.6 Å². The van der Waals surface area contributed by atoms with E-state index in [-0.39, 0.29) is 16.7 Å². The minimum atomic E-state index is -3.73. The number of piperidine rings is 1. The largest absolute Gasteiger partial charge is 0.339 e. The molecule has 11 heteroatoms. The number of hydrogen-bond acceptors (Lipinski definition) is 7. The highest BCUT2D eigenvalue weighted by Crippen LogP contribution is 2.31. The highest BCUT2D eigenvalue weighted by Gasteiger charge is 2.34. The first-order chi connectivity index (χ1) is 14.3. The van der Waals surface area contributed by atoms with E-state index in [1.165, 1.54) is 10.4 Å². The van der Waals surface area contributed by atoms with Gasteiger partial charge in [0.25, 0.3) is 10.0 Å². The smallest absolute Gasteiger partial charge is 0.252 e. The maximum absolute atomic E-state index is 13.1. The lowest BCUT2D eigenvalue weighted by Gasteiger charge is -2.30. The number of carbonyl (C=O) groups excluding carboxylic acids is 1. The molecule has 1 saturated heterocycles. The van der Waals surface area contributed by atoms with Crippen LogP contribution in [0.25, 0.3) is 11.4 Å². The van der Waals surface area contributed by atoms with Crippen molar-refractivity contribution in [3.05, 3.63) is 46.6 Å². The normalized spacial score (nSPS) is 17.7. The number of nitrogens with one attached hydrogen (secondary N) is 1. The van der Waals surface area contributed by atoms with E-state index in [1.54, 1.807) is 36.6 Å². The first-order valence-corrected chi connectivity index (χ1v) is 12.0. The fraction of sp³-hybridized carbons (Fsp3) is 0.316. The number of amides is 1. The zero-order valence-electron chi connectivity index (χ0n) is 16.0. The van der Waals surface area contributed by atoms with Gasteiger partial charge in [0.1, 0.15) is 4.21 Å².